The fourth-order valence-corrected chi connectivity index (χ4v) is 4.36. The lowest BCUT2D eigenvalue weighted by molar-refractivity contribution is 0.0938. The third kappa shape index (κ3) is 5.05. The molecule has 1 amide bonds. The molecular weight excluding hydrogens is 366 g/mol. The van der Waals surface area contributed by atoms with Gasteiger partial charge in [0.15, 0.2) is 0 Å². The second kappa shape index (κ2) is 8.06. The van der Waals surface area contributed by atoms with Gasteiger partial charge in [0.1, 0.15) is 0 Å². The van der Waals surface area contributed by atoms with Gasteiger partial charge in [-0.15, -0.1) is 0 Å². The van der Waals surface area contributed by atoms with Crippen molar-refractivity contribution in [1.29, 1.82) is 0 Å². The van der Waals surface area contributed by atoms with Crippen LogP contribution in [0.25, 0.3) is 11.3 Å². The molecule has 1 saturated heterocycles. The van der Waals surface area contributed by atoms with Gasteiger partial charge in [-0.05, 0) is 25.0 Å². The van der Waals surface area contributed by atoms with Crippen molar-refractivity contribution >= 4 is 16.1 Å². The number of pyridine rings is 1. The molecule has 1 aliphatic heterocycles. The molecule has 2 N–H and O–H groups in total. The number of aromatic nitrogens is 1. The van der Waals surface area contributed by atoms with Gasteiger partial charge < -0.3 is 10.0 Å². The number of piperidine rings is 1. The maximum absolute atomic E-state index is 11.7. The zero-order valence-electron chi connectivity index (χ0n) is 15.1. The van der Waals surface area contributed by atoms with Crippen molar-refractivity contribution in [3.63, 3.8) is 0 Å². The van der Waals surface area contributed by atoms with E-state index in [0.29, 0.717) is 25.8 Å². The highest BCUT2D eigenvalue weighted by Crippen LogP contribution is 2.23. The number of sulfonamides is 1. The molecule has 2 aromatic rings. The van der Waals surface area contributed by atoms with E-state index in [1.807, 2.05) is 48.5 Å². The Balaban J connectivity index is 1.88. The number of amides is 1. The summed E-state index contributed by atoms with van der Waals surface area (Å²) in [7, 11) is -3.44. The minimum absolute atomic E-state index is 0.347. The van der Waals surface area contributed by atoms with Gasteiger partial charge >= 0.3 is 6.09 Å². The molecule has 144 valence electrons. The number of carbonyl (C=O) groups is 1. The third-order valence-electron chi connectivity index (χ3n) is 4.68. The van der Waals surface area contributed by atoms with E-state index in [1.165, 1.54) is 4.90 Å². The quantitative estimate of drug-likeness (QED) is 0.818. The normalized spacial score (nSPS) is 20.4. The molecule has 0 aliphatic carbocycles. The number of benzene rings is 1. The summed E-state index contributed by atoms with van der Waals surface area (Å²) in [6.45, 7) is 0.389. The van der Waals surface area contributed by atoms with E-state index in [-0.39, 0.29) is 0 Å². The molecule has 2 heterocycles. The molecule has 2 atom stereocenters. The van der Waals surface area contributed by atoms with E-state index < -0.39 is 28.2 Å². The molecule has 7 nitrogen and oxygen atoms in total. The van der Waals surface area contributed by atoms with Crippen LogP contribution in [-0.4, -0.2) is 54.4 Å². The standard InChI is InChI=1S/C19H23N3O4S/c1-27(25,26)21-17-11-6-12-22(19(23)24)18(17)13-15-9-5-10-16(20-15)14-7-3-2-4-8-14/h2-5,7-10,17-18,21H,6,11-13H2,1H3,(H,23,24). The van der Waals surface area contributed by atoms with Gasteiger partial charge in [-0.25, -0.2) is 17.9 Å². The fourth-order valence-electron chi connectivity index (χ4n) is 3.54. The minimum Gasteiger partial charge on any atom is -0.465 e. The summed E-state index contributed by atoms with van der Waals surface area (Å²) in [4.78, 5) is 17.7. The van der Waals surface area contributed by atoms with Crippen LogP contribution in [0, 0.1) is 0 Å². The van der Waals surface area contributed by atoms with Crippen molar-refractivity contribution in [3.05, 3.63) is 54.2 Å². The van der Waals surface area contributed by atoms with Gasteiger partial charge in [0, 0.05) is 30.3 Å². The van der Waals surface area contributed by atoms with Crippen LogP contribution in [-0.2, 0) is 16.4 Å². The number of likely N-dealkylation sites (tertiary alicyclic amines) is 1. The van der Waals surface area contributed by atoms with Crippen molar-refractivity contribution in [2.45, 2.75) is 31.3 Å². The average Bonchev–Trinajstić information content (AvgIpc) is 2.63. The molecule has 27 heavy (non-hydrogen) atoms. The molecule has 2 unspecified atom stereocenters. The van der Waals surface area contributed by atoms with E-state index in [2.05, 4.69) is 9.71 Å². The zero-order valence-corrected chi connectivity index (χ0v) is 15.9. The Labute approximate surface area is 159 Å². The van der Waals surface area contributed by atoms with Crippen LogP contribution in [0.4, 0.5) is 4.79 Å². The Morgan fingerprint density at radius 3 is 2.63 bits per heavy atom. The molecular formula is C19H23N3O4S. The predicted octanol–water partition coefficient (Wildman–Crippen LogP) is 2.35. The maximum atomic E-state index is 11.7. The second-order valence-corrected chi connectivity index (χ2v) is 8.55. The molecule has 1 aliphatic rings. The first kappa shape index (κ1) is 19.3. The predicted molar refractivity (Wildman–Crippen MR) is 103 cm³/mol. The number of carboxylic acid groups (broad SMARTS) is 1. The molecule has 1 aromatic heterocycles. The highest BCUT2D eigenvalue weighted by molar-refractivity contribution is 7.88. The van der Waals surface area contributed by atoms with E-state index in [4.69, 9.17) is 0 Å². The lowest BCUT2D eigenvalue weighted by Crippen LogP contribution is -2.57. The second-order valence-electron chi connectivity index (χ2n) is 6.77. The molecule has 0 spiro atoms. The molecule has 1 fully saturated rings. The van der Waals surface area contributed by atoms with E-state index in [9.17, 15) is 18.3 Å². The summed E-state index contributed by atoms with van der Waals surface area (Å²) < 4.78 is 26.0. The monoisotopic (exact) mass is 389 g/mol. The van der Waals surface area contributed by atoms with Crippen molar-refractivity contribution < 1.29 is 18.3 Å². The van der Waals surface area contributed by atoms with E-state index >= 15 is 0 Å². The molecule has 0 bridgehead atoms. The van der Waals surface area contributed by atoms with Crippen molar-refractivity contribution in [1.82, 2.24) is 14.6 Å². The van der Waals surface area contributed by atoms with Crippen molar-refractivity contribution in [2.24, 2.45) is 0 Å². The molecule has 0 radical (unpaired) electrons. The van der Waals surface area contributed by atoms with Gasteiger partial charge in [0.05, 0.1) is 18.0 Å². The highest BCUT2D eigenvalue weighted by Gasteiger charge is 2.36. The smallest absolute Gasteiger partial charge is 0.407 e. The number of nitrogens with zero attached hydrogens (tertiary/aromatic N) is 2. The first-order chi connectivity index (χ1) is 12.8. The molecule has 0 saturated carbocycles. The average molecular weight is 389 g/mol. The van der Waals surface area contributed by atoms with Crippen molar-refractivity contribution in [3.8, 4) is 11.3 Å². The van der Waals surface area contributed by atoms with Crippen LogP contribution in [0.3, 0.4) is 0 Å². The number of rotatable bonds is 5. The maximum Gasteiger partial charge on any atom is 0.407 e. The largest absolute Gasteiger partial charge is 0.465 e. The summed E-state index contributed by atoms with van der Waals surface area (Å²) in [5.74, 6) is 0. The van der Waals surface area contributed by atoms with Gasteiger partial charge in [-0.1, -0.05) is 36.4 Å². The first-order valence-corrected chi connectivity index (χ1v) is 10.7. The summed E-state index contributed by atoms with van der Waals surface area (Å²) in [5.41, 5.74) is 2.51. The summed E-state index contributed by atoms with van der Waals surface area (Å²) in [6, 6.07) is 14.4. The van der Waals surface area contributed by atoms with Crippen LogP contribution in [0.1, 0.15) is 18.5 Å². The molecule has 8 heteroatoms. The summed E-state index contributed by atoms with van der Waals surface area (Å²) in [5, 5.41) is 9.56. The Hall–Kier alpha value is -2.45. The van der Waals surface area contributed by atoms with Gasteiger partial charge in [0.25, 0.3) is 0 Å². The highest BCUT2D eigenvalue weighted by atomic mass is 32.2. The Kier molecular flexibility index (Phi) is 5.76. The van der Waals surface area contributed by atoms with Gasteiger partial charge in [-0.2, -0.15) is 0 Å². The Morgan fingerprint density at radius 2 is 1.96 bits per heavy atom. The van der Waals surface area contributed by atoms with Crippen LogP contribution < -0.4 is 4.72 Å². The molecule has 3 rings (SSSR count). The lowest BCUT2D eigenvalue weighted by atomic mass is 9.93. The Morgan fingerprint density at radius 1 is 1.22 bits per heavy atom. The van der Waals surface area contributed by atoms with Crippen LogP contribution in [0.5, 0.6) is 0 Å². The van der Waals surface area contributed by atoms with E-state index in [0.717, 1.165) is 23.2 Å². The summed E-state index contributed by atoms with van der Waals surface area (Å²) in [6.07, 6.45) is 1.62. The number of hydrogen-bond donors (Lipinski definition) is 2. The van der Waals surface area contributed by atoms with Crippen LogP contribution in [0.2, 0.25) is 0 Å². The van der Waals surface area contributed by atoms with Crippen LogP contribution >= 0.6 is 0 Å². The number of hydrogen-bond acceptors (Lipinski definition) is 4. The topological polar surface area (TPSA) is 99.6 Å². The lowest BCUT2D eigenvalue weighted by Gasteiger charge is -2.39. The number of nitrogens with one attached hydrogen (secondary N) is 1. The van der Waals surface area contributed by atoms with Crippen molar-refractivity contribution in [2.75, 3.05) is 12.8 Å². The first-order valence-electron chi connectivity index (χ1n) is 8.82. The fraction of sp³-hybridized carbons (Fsp3) is 0.368. The Bertz CT molecular complexity index is 902. The van der Waals surface area contributed by atoms with Gasteiger partial charge in [-0.3, -0.25) is 4.98 Å². The molecule has 1 aromatic carbocycles. The van der Waals surface area contributed by atoms with Gasteiger partial charge in [0.2, 0.25) is 10.0 Å². The third-order valence-corrected chi connectivity index (χ3v) is 5.42. The SMILES string of the molecule is CS(=O)(=O)NC1CCCN(C(=O)O)C1Cc1cccc(-c2ccccc2)n1. The van der Waals surface area contributed by atoms with E-state index in [1.54, 1.807) is 0 Å². The summed E-state index contributed by atoms with van der Waals surface area (Å²) >= 11 is 0. The van der Waals surface area contributed by atoms with Crippen LogP contribution in [0.15, 0.2) is 48.5 Å². The minimum atomic E-state index is -3.44. The zero-order chi connectivity index (χ0) is 19.4.